The third kappa shape index (κ3) is 4.47. The van der Waals surface area contributed by atoms with Crippen LogP contribution in [0.15, 0.2) is 24.3 Å². The van der Waals surface area contributed by atoms with Crippen LogP contribution in [-0.2, 0) is 4.79 Å². The van der Waals surface area contributed by atoms with E-state index in [-0.39, 0.29) is 30.8 Å². The Morgan fingerprint density at radius 2 is 2.25 bits per heavy atom. The van der Waals surface area contributed by atoms with Crippen LogP contribution in [-0.4, -0.2) is 43.4 Å². The first-order chi connectivity index (χ1) is 9.65. The normalized spacial score (nSPS) is 19.6. The van der Waals surface area contributed by atoms with Crippen molar-refractivity contribution in [2.75, 3.05) is 26.2 Å². The van der Waals surface area contributed by atoms with Crippen molar-refractivity contribution in [1.29, 1.82) is 0 Å². The number of halogens is 1. The van der Waals surface area contributed by atoms with Crippen LogP contribution in [0.4, 0.5) is 4.39 Å². The highest BCUT2D eigenvalue weighted by Crippen LogP contribution is 2.11. The van der Waals surface area contributed by atoms with E-state index in [2.05, 4.69) is 10.6 Å². The number of benzene rings is 1. The summed E-state index contributed by atoms with van der Waals surface area (Å²) in [6, 6.07) is 5.56. The third-order valence-electron chi connectivity index (χ3n) is 3.20. The molecule has 1 aliphatic rings. The SMILES string of the molecule is O=C(NCC(O)COc1ccc(F)cc1)C1CCNC1. The summed E-state index contributed by atoms with van der Waals surface area (Å²) in [6.07, 6.45) is 0.0342. The molecule has 3 N–H and O–H groups in total. The number of rotatable bonds is 6. The summed E-state index contributed by atoms with van der Waals surface area (Å²) >= 11 is 0. The van der Waals surface area contributed by atoms with Crippen LogP contribution >= 0.6 is 0 Å². The molecule has 1 fully saturated rings. The molecule has 1 aromatic rings. The first-order valence-corrected chi connectivity index (χ1v) is 6.70. The van der Waals surface area contributed by atoms with Gasteiger partial charge >= 0.3 is 0 Å². The van der Waals surface area contributed by atoms with E-state index in [1.807, 2.05) is 0 Å². The number of hydrogen-bond acceptors (Lipinski definition) is 4. The second-order valence-corrected chi connectivity index (χ2v) is 4.85. The van der Waals surface area contributed by atoms with Gasteiger partial charge in [0.25, 0.3) is 0 Å². The minimum atomic E-state index is -0.793. The zero-order chi connectivity index (χ0) is 14.4. The van der Waals surface area contributed by atoms with Crippen LogP contribution in [0, 0.1) is 11.7 Å². The fraction of sp³-hybridized carbons (Fsp3) is 0.500. The predicted octanol–water partition coefficient (Wildman–Crippen LogP) is 0.291. The number of carbonyl (C=O) groups is 1. The Balaban J connectivity index is 1.66. The van der Waals surface area contributed by atoms with E-state index in [9.17, 15) is 14.3 Å². The molecule has 0 aliphatic carbocycles. The lowest BCUT2D eigenvalue weighted by atomic mass is 10.1. The molecule has 1 amide bonds. The van der Waals surface area contributed by atoms with Crippen molar-refractivity contribution < 1.29 is 19.0 Å². The van der Waals surface area contributed by atoms with E-state index in [0.29, 0.717) is 12.3 Å². The first kappa shape index (κ1) is 14.7. The van der Waals surface area contributed by atoms with Gasteiger partial charge in [-0.05, 0) is 37.2 Å². The molecule has 2 rings (SSSR count). The zero-order valence-corrected chi connectivity index (χ0v) is 11.1. The molecule has 6 heteroatoms. The molecule has 1 aliphatic heterocycles. The summed E-state index contributed by atoms with van der Waals surface area (Å²) < 4.78 is 18.0. The molecule has 2 atom stereocenters. The van der Waals surface area contributed by atoms with Gasteiger partial charge in [-0.15, -0.1) is 0 Å². The van der Waals surface area contributed by atoms with Crippen LogP contribution in [0.2, 0.25) is 0 Å². The van der Waals surface area contributed by atoms with Crippen LogP contribution in [0.3, 0.4) is 0 Å². The van der Waals surface area contributed by atoms with Gasteiger partial charge in [-0.3, -0.25) is 4.79 Å². The minimum Gasteiger partial charge on any atom is -0.491 e. The summed E-state index contributed by atoms with van der Waals surface area (Å²) in [4.78, 5) is 11.7. The maximum Gasteiger partial charge on any atom is 0.224 e. The molecular weight excluding hydrogens is 263 g/mol. The number of hydrogen-bond donors (Lipinski definition) is 3. The van der Waals surface area contributed by atoms with Crippen molar-refractivity contribution in [3.05, 3.63) is 30.1 Å². The summed E-state index contributed by atoms with van der Waals surface area (Å²) in [6.45, 7) is 1.74. The van der Waals surface area contributed by atoms with Gasteiger partial charge < -0.3 is 20.5 Å². The number of carbonyl (C=O) groups excluding carboxylic acids is 1. The average molecular weight is 282 g/mol. The predicted molar refractivity (Wildman–Crippen MR) is 71.9 cm³/mol. The van der Waals surface area contributed by atoms with Gasteiger partial charge in [0.15, 0.2) is 0 Å². The fourth-order valence-corrected chi connectivity index (χ4v) is 2.02. The van der Waals surface area contributed by atoms with E-state index in [0.717, 1.165) is 13.0 Å². The van der Waals surface area contributed by atoms with E-state index in [4.69, 9.17) is 4.74 Å². The van der Waals surface area contributed by atoms with Gasteiger partial charge in [0.1, 0.15) is 24.3 Å². The molecule has 1 saturated heterocycles. The summed E-state index contributed by atoms with van der Waals surface area (Å²) in [7, 11) is 0. The molecule has 0 aromatic heterocycles. The monoisotopic (exact) mass is 282 g/mol. The van der Waals surface area contributed by atoms with Gasteiger partial charge in [0.2, 0.25) is 5.91 Å². The maximum atomic E-state index is 12.7. The van der Waals surface area contributed by atoms with E-state index >= 15 is 0 Å². The zero-order valence-electron chi connectivity index (χ0n) is 11.1. The van der Waals surface area contributed by atoms with Crippen LogP contribution in [0.25, 0.3) is 0 Å². The molecule has 0 bridgehead atoms. The van der Waals surface area contributed by atoms with Gasteiger partial charge in [-0.2, -0.15) is 0 Å². The Morgan fingerprint density at radius 1 is 1.50 bits per heavy atom. The van der Waals surface area contributed by atoms with Crippen molar-refractivity contribution in [3.63, 3.8) is 0 Å². The van der Waals surface area contributed by atoms with Crippen molar-refractivity contribution in [1.82, 2.24) is 10.6 Å². The largest absolute Gasteiger partial charge is 0.491 e. The molecule has 2 unspecified atom stereocenters. The highest BCUT2D eigenvalue weighted by Gasteiger charge is 2.22. The van der Waals surface area contributed by atoms with Crippen molar-refractivity contribution in [3.8, 4) is 5.75 Å². The van der Waals surface area contributed by atoms with E-state index < -0.39 is 6.10 Å². The second-order valence-electron chi connectivity index (χ2n) is 4.85. The van der Waals surface area contributed by atoms with Crippen LogP contribution < -0.4 is 15.4 Å². The third-order valence-corrected chi connectivity index (χ3v) is 3.20. The molecule has 5 nitrogen and oxygen atoms in total. The van der Waals surface area contributed by atoms with Crippen molar-refractivity contribution in [2.45, 2.75) is 12.5 Å². The van der Waals surface area contributed by atoms with Crippen LogP contribution in [0.5, 0.6) is 5.75 Å². The van der Waals surface area contributed by atoms with Crippen molar-refractivity contribution in [2.24, 2.45) is 5.92 Å². The lowest BCUT2D eigenvalue weighted by Gasteiger charge is -2.15. The van der Waals surface area contributed by atoms with Gasteiger partial charge in [0, 0.05) is 13.1 Å². The van der Waals surface area contributed by atoms with Crippen molar-refractivity contribution >= 4 is 5.91 Å². The highest BCUT2D eigenvalue weighted by molar-refractivity contribution is 5.79. The average Bonchev–Trinajstić information content (AvgIpc) is 2.98. The van der Waals surface area contributed by atoms with E-state index in [1.54, 1.807) is 0 Å². The van der Waals surface area contributed by atoms with Gasteiger partial charge in [0.05, 0.1) is 5.92 Å². The number of amides is 1. The summed E-state index contributed by atoms with van der Waals surface area (Å²) in [5.74, 6) is 0.0863. The molecule has 20 heavy (non-hydrogen) atoms. The summed E-state index contributed by atoms with van der Waals surface area (Å²) in [5.41, 5.74) is 0. The number of aliphatic hydroxyl groups is 1. The Kier molecular flexibility index (Phi) is 5.31. The Labute approximate surface area is 117 Å². The Bertz CT molecular complexity index is 433. The second kappa shape index (κ2) is 7.21. The highest BCUT2D eigenvalue weighted by atomic mass is 19.1. The summed E-state index contributed by atoms with van der Waals surface area (Å²) in [5, 5.41) is 15.5. The lowest BCUT2D eigenvalue weighted by molar-refractivity contribution is -0.124. The van der Waals surface area contributed by atoms with Crippen LogP contribution in [0.1, 0.15) is 6.42 Å². The fourth-order valence-electron chi connectivity index (χ4n) is 2.02. The Hall–Kier alpha value is -1.66. The molecular formula is C14H19FN2O3. The number of nitrogens with one attached hydrogen (secondary N) is 2. The smallest absolute Gasteiger partial charge is 0.224 e. The molecule has 1 aromatic carbocycles. The van der Waals surface area contributed by atoms with E-state index in [1.165, 1.54) is 24.3 Å². The topological polar surface area (TPSA) is 70.6 Å². The number of ether oxygens (including phenoxy) is 1. The lowest BCUT2D eigenvalue weighted by Crippen LogP contribution is -2.39. The molecule has 0 saturated carbocycles. The minimum absolute atomic E-state index is 0.0137. The quantitative estimate of drug-likeness (QED) is 0.701. The first-order valence-electron chi connectivity index (χ1n) is 6.70. The molecule has 1 heterocycles. The van der Waals surface area contributed by atoms with Gasteiger partial charge in [-0.25, -0.2) is 4.39 Å². The maximum absolute atomic E-state index is 12.7. The van der Waals surface area contributed by atoms with Gasteiger partial charge in [-0.1, -0.05) is 0 Å². The molecule has 0 spiro atoms. The standard InChI is InChI=1S/C14H19FN2O3/c15-11-1-3-13(4-2-11)20-9-12(18)8-17-14(19)10-5-6-16-7-10/h1-4,10,12,16,18H,5-9H2,(H,17,19). The Morgan fingerprint density at radius 3 is 2.90 bits per heavy atom. The molecule has 0 radical (unpaired) electrons. The number of aliphatic hydroxyl groups excluding tert-OH is 1. The molecule has 110 valence electrons.